The third-order valence-electron chi connectivity index (χ3n) is 3.74. The molecule has 2 amide bonds. The van der Waals surface area contributed by atoms with Gasteiger partial charge in [-0.2, -0.15) is 0 Å². The lowest BCUT2D eigenvalue weighted by atomic mass is 10.2. The molecule has 8 heteroatoms. The molecule has 3 rings (SSSR count). The Hall–Kier alpha value is -3.68. The molecule has 2 aromatic heterocycles. The minimum Gasteiger partial charge on any atom is -0.497 e. The number of aromatic nitrogens is 2. The van der Waals surface area contributed by atoms with Crippen molar-refractivity contribution < 1.29 is 18.8 Å². The summed E-state index contributed by atoms with van der Waals surface area (Å²) < 4.78 is 10.00. The number of pyridine rings is 1. The van der Waals surface area contributed by atoms with Crippen molar-refractivity contribution in [3.05, 3.63) is 71.2 Å². The first-order valence-corrected chi connectivity index (χ1v) is 8.17. The molecule has 8 nitrogen and oxygen atoms in total. The van der Waals surface area contributed by atoms with Crippen molar-refractivity contribution >= 4 is 17.6 Å². The van der Waals surface area contributed by atoms with E-state index >= 15 is 0 Å². The molecule has 0 fully saturated rings. The summed E-state index contributed by atoms with van der Waals surface area (Å²) in [7, 11) is 1.59. The van der Waals surface area contributed by atoms with Crippen molar-refractivity contribution in [3.63, 3.8) is 0 Å². The van der Waals surface area contributed by atoms with Crippen LogP contribution in [-0.4, -0.2) is 29.1 Å². The maximum absolute atomic E-state index is 12.4. The van der Waals surface area contributed by atoms with E-state index in [2.05, 4.69) is 20.8 Å². The number of benzene rings is 1. The van der Waals surface area contributed by atoms with E-state index in [1.54, 1.807) is 26.2 Å². The Kier molecular flexibility index (Phi) is 5.46. The number of hydrogen-bond donors (Lipinski definition) is 2. The van der Waals surface area contributed by atoms with Crippen molar-refractivity contribution in [3.8, 4) is 5.75 Å². The molecule has 0 bridgehead atoms. The summed E-state index contributed by atoms with van der Waals surface area (Å²) in [6.07, 6.45) is 1.41. The fourth-order valence-electron chi connectivity index (χ4n) is 2.33. The van der Waals surface area contributed by atoms with E-state index in [1.165, 1.54) is 12.3 Å². The number of hydrogen-bond acceptors (Lipinski definition) is 6. The standard InChI is InChI=1S/C19H18N4O4/c1-12-9-17(23-27-12)22-19(25)16-10-14(7-8-20-16)18(24)21-11-13-3-5-15(26-2)6-4-13/h3-10H,11H2,1-2H3,(H,21,24)(H,22,23,25). The van der Waals surface area contributed by atoms with Crippen molar-refractivity contribution in [2.75, 3.05) is 12.4 Å². The number of carbonyl (C=O) groups is 2. The van der Waals surface area contributed by atoms with Gasteiger partial charge in [-0.3, -0.25) is 14.6 Å². The molecule has 2 heterocycles. The Morgan fingerprint density at radius 3 is 2.56 bits per heavy atom. The lowest BCUT2D eigenvalue weighted by Crippen LogP contribution is -2.23. The van der Waals surface area contributed by atoms with Gasteiger partial charge in [-0.25, -0.2) is 0 Å². The number of nitrogens with zero attached hydrogens (tertiary/aromatic N) is 2. The molecule has 0 atom stereocenters. The summed E-state index contributed by atoms with van der Waals surface area (Å²) in [6, 6.07) is 11.9. The number of anilines is 1. The average molecular weight is 366 g/mol. The lowest BCUT2D eigenvalue weighted by Gasteiger charge is -2.07. The second-order valence-electron chi connectivity index (χ2n) is 5.74. The highest BCUT2D eigenvalue weighted by atomic mass is 16.5. The Bertz CT molecular complexity index is 950. The van der Waals surface area contributed by atoms with Crippen molar-refractivity contribution in [2.45, 2.75) is 13.5 Å². The average Bonchev–Trinajstić information content (AvgIpc) is 3.11. The molecule has 0 saturated carbocycles. The maximum atomic E-state index is 12.4. The van der Waals surface area contributed by atoms with Gasteiger partial charge in [0, 0.05) is 24.4 Å². The highest BCUT2D eigenvalue weighted by Crippen LogP contribution is 2.12. The smallest absolute Gasteiger partial charge is 0.275 e. The monoisotopic (exact) mass is 366 g/mol. The van der Waals surface area contributed by atoms with Gasteiger partial charge in [-0.05, 0) is 36.8 Å². The van der Waals surface area contributed by atoms with E-state index in [-0.39, 0.29) is 17.4 Å². The largest absolute Gasteiger partial charge is 0.497 e. The summed E-state index contributed by atoms with van der Waals surface area (Å²) in [5.41, 5.74) is 1.37. The zero-order valence-electron chi connectivity index (χ0n) is 14.9. The van der Waals surface area contributed by atoms with E-state index in [0.717, 1.165) is 11.3 Å². The number of amides is 2. The van der Waals surface area contributed by atoms with Crippen LogP contribution in [0.15, 0.2) is 53.2 Å². The van der Waals surface area contributed by atoms with Crippen LogP contribution in [0.25, 0.3) is 0 Å². The van der Waals surface area contributed by atoms with Gasteiger partial charge in [0.2, 0.25) is 0 Å². The SMILES string of the molecule is COc1ccc(CNC(=O)c2ccnc(C(=O)Nc3cc(C)on3)c2)cc1. The second-order valence-corrected chi connectivity index (χ2v) is 5.74. The summed E-state index contributed by atoms with van der Waals surface area (Å²) in [4.78, 5) is 28.6. The molecule has 0 saturated heterocycles. The van der Waals surface area contributed by atoms with E-state index in [9.17, 15) is 9.59 Å². The van der Waals surface area contributed by atoms with E-state index in [4.69, 9.17) is 9.26 Å². The Balaban J connectivity index is 1.63. The number of ether oxygens (including phenoxy) is 1. The Morgan fingerprint density at radius 2 is 1.89 bits per heavy atom. The van der Waals surface area contributed by atoms with E-state index < -0.39 is 5.91 Å². The first-order chi connectivity index (χ1) is 13.0. The fraction of sp³-hybridized carbons (Fsp3) is 0.158. The zero-order valence-corrected chi connectivity index (χ0v) is 14.9. The number of rotatable bonds is 6. The molecule has 1 aromatic carbocycles. The van der Waals surface area contributed by atoms with Crippen LogP contribution in [0.5, 0.6) is 5.75 Å². The zero-order chi connectivity index (χ0) is 19.2. The predicted molar refractivity (Wildman–Crippen MR) is 97.6 cm³/mol. The van der Waals surface area contributed by atoms with Gasteiger partial charge >= 0.3 is 0 Å². The number of nitrogens with one attached hydrogen (secondary N) is 2. The third kappa shape index (κ3) is 4.69. The molecule has 2 N–H and O–H groups in total. The highest BCUT2D eigenvalue weighted by Gasteiger charge is 2.13. The van der Waals surface area contributed by atoms with Crippen LogP contribution < -0.4 is 15.4 Å². The van der Waals surface area contributed by atoms with Crippen LogP contribution in [0, 0.1) is 6.92 Å². The third-order valence-corrected chi connectivity index (χ3v) is 3.74. The maximum Gasteiger partial charge on any atom is 0.275 e. The van der Waals surface area contributed by atoms with Crippen molar-refractivity contribution in [1.29, 1.82) is 0 Å². The number of carbonyl (C=O) groups excluding carboxylic acids is 2. The molecule has 138 valence electrons. The van der Waals surface area contributed by atoms with Crippen LogP contribution in [-0.2, 0) is 6.54 Å². The van der Waals surface area contributed by atoms with Crippen molar-refractivity contribution in [2.24, 2.45) is 0 Å². The first-order valence-electron chi connectivity index (χ1n) is 8.17. The van der Waals surface area contributed by atoms with Crippen LogP contribution in [0.4, 0.5) is 5.82 Å². The molecule has 0 radical (unpaired) electrons. The molecule has 0 aliphatic heterocycles. The van der Waals surface area contributed by atoms with Gasteiger partial charge in [0.1, 0.15) is 17.2 Å². The van der Waals surface area contributed by atoms with Crippen LogP contribution in [0.2, 0.25) is 0 Å². The lowest BCUT2D eigenvalue weighted by molar-refractivity contribution is 0.0951. The highest BCUT2D eigenvalue weighted by molar-refractivity contribution is 6.04. The Labute approximate surface area is 155 Å². The normalized spacial score (nSPS) is 10.3. The predicted octanol–water partition coefficient (Wildman–Crippen LogP) is 2.57. The molecular formula is C19H18N4O4. The van der Waals surface area contributed by atoms with Crippen LogP contribution >= 0.6 is 0 Å². The number of methoxy groups -OCH3 is 1. The van der Waals surface area contributed by atoms with E-state index in [0.29, 0.717) is 17.9 Å². The number of aryl methyl sites for hydroxylation is 1. The quantitative estimate of drug-likeness (QED) is 0.694. The van der Waals surface area contributed by atoms with Gasteiger partial charge in [0.05, 0.1) is 7.11 Å². The van der Waals surface area contributed by atoms with Crippen molar-refractivity contribution in [1.82, 2.24) is 15.5 Å². The molecule has 27 heavy (non-hydrogen) atoms. The topological polar surface area (TPSA) is 106 Å². The van der Waals surface area contributed by atoms with Gasteiger partial charge < -0.3 is 19.9 Å². The van der Waals surface area contributed by atoms with Gasteiger partial charge in [-0.15, -0.1) is 0 Å². The molecule has 0 aliphatic carbocycles. The summed E-state index contributed by atoms with van der Waals surface area (Å²) in [5, 5.41) is 9.06. The molecule has 0 unspecified atom stereocenters. The summed E-state index contributed by atoms with van der Waals surface area (Å²) >= 11 is 0. The minimum atomic E-state index is -0.479. The molecular weight excluding hydrogens is 348 g/mol. The van der Waals surface area contributed by atoms with Gasteiger partial charge in [0.15, 0.2) is 5.82 Å². The van der Waals surface area contributed by atoms with Gasteiger partial charge in [-0.1, -0.05) is 17.3 Å². The van der Waals surface area contributed by atoms with Crippen LogP contribution in [0.1, 0.15) is 32.2 Å². The Morgan fingerprint density at radius 1 is 1.11 bits per heavy atom. The fourth-order valence-corrected chi connectivity index (χ4v) is 2.33. The molecule has 0 spiro atoms. The molecule has 0 aliphatic rings. The first kappa shape index (κ1) is 18.1. The summed E-state index contributed by atoms with van der Waals surface area (Å²) in [6.45, 7) is 2.07. The van der Waals surface area contributed by atoms with Gasteiger partial charge in [0.25, 0.3) is 11.8 Å². The second kappa shape index (κ2) is 8.13. The molecule has 3 aromatic rings. The van der Waals surface area contributed by atoms with E-state index in [1.807, 2.05) is 24.3 Å². The minimum absolute atomic E-state index is 0.104. The van der Waals surface area contributed by atoms with Crippen LogP contribution in [0.3, 0.4) is 0 Å². The summed E-state index contributed by atoms with van der Waals surface area (Å²) in [5.74, 6) is 0.823.